The van der Waals surface area contributed by atoms with Crippen LogP contribution in [0.5, 0.6) is 0 Å². The maximum absolute atomic E-state index is 11.0. The highest BCUT2D eigenvalue weighted by Gasteiger charge is 2.22. The maximum Gasteiger partial charge on any atom is 0.336 e. The Kier molecular flexibility index (Phi) is 4.67. The number of carbonyl (C=O) groups is 1. The van der Waals surface area contributed by atoms with Gasteiger partial charge in [0.15, 0.2) is 0 Å². The second-order valence-electron chi connectivity index (χ2n) is 4.93. The number of rotatable bonds is 6. The summed E-state index contributed by atoms with van der Waals surface area (Å²) in [6.07, 6.45) is 0.500. The van der Waals surface area contributed by atoms with E-state index in [1.807, 2.05) is 6.92 Å². The number of carboxylic acids is 1. The fourth-order valence-electron chi connectivity index (χ4n) is 1.61. The van der Waals surface area contributed by atoms with Crippen LogP contribution in [0.4, 0.5) is 11.4 Å². The number of nitro benzene ring substituents is 1. The Labute approximate surface area is 116 Å². The van der Waals surface area contributed by atoms with Crippen LogP contribution in [0.15, 0.2) is 12.1 Å². The molecule has 7 heteroatoms. The van der Waals surface area contributed by atoms with Crippen molar-refractivity contribution in [3.05, 3.63) is 33.4 Å². The normalized spacial score (nSPS) is 13.6. The number of nitrogens with zero attached hydrogens (tertiary/aromatic N) is 1. The van der Waals surface area contributed by atoms with Gasteiger partial charge in [0.2, 0.25) is 0 Å². The highest BCUT2D eigenvalue weighted by atomic mass is 16.6. The Morgan fingerprint density at radius 2 is 2.10 bits per heavy atom. The average molecular weight is 282 g/mol. The number of anilines is 1. The van der Waals surface area contributed by atoms with Gasteiger partial charge in [-0.2, -0.15) is 0 Å². The third kappa shape index (κ3) is 3.67. The Balaban J connectivity index is 3.18. The van der Waals surface area contributed by atoms with Crippen LogP contribution in [-0.2, 0) is 0 Å². The molecule has 0 radical (unpaired) electrons. The highest BCUT2D eigenvalue weighted by Crippen LogP contribution is 2.28. The lowest BCUT2D eigenvalue weighted by Crippen LogP contribution is -2.32. The van der Waals surface area contributed by atoms with E-state index in [1.165, 1.54) is 13.0 Å². The summed E-state index contributed by atoms with van der Waals surface area (Å²) in [7, 11) is 0. The van der Waals surface area contributed by atoms with Crippen molar-refractivity contribution in [2.45, 2.75) is 32.8 Å². The minimum Gasteiger partial charge on any atom is -0.478 e. The molecule has 1 rings (SSSR count). The number of aromatic carboxylic acids is 1. The monoisotopic (exact) mass is 282 g/mol. The standard InChI is InChI=1S/C13H18N2O5/c1-4-13(3,18)7-14-10-5-9(12(16)17)6-11(8(10)2)15(19)20/h5-6,14,18H,4,7H2,1-3H3,(H,16,17). The van der Waals surface area contributed by atoms with E-state index in [2.05, 4.69) is 5.32 Å². The third-order valence-electron chi connectivity index (χ3n) is 3.25. The van der Waals surface area contributed by atoms with Gasteiger partial charge in [-0.3, -0.25) is 10.1 Å². The first-order valence-electron chi connectivity index (χ1n) is 6.16. The van der Waals surface area contributed by atoms with Crippen molar-refractivity contribution in [3.63, 3.8) is 0 Å². The smallest absolute Gasteiger partial charge is 0.336 e. The van der Waals surface area contributed by atoms with Crippen molar-refractivity contribution >= 4 is 17.3 Å². The molecule has 1 aromatic rings. The topological polar surface area (TPSA) is 113 Å². The van der Waals surface area contributed by atoms with Crippen molar-refractivity contribution in [1.29, 1.82) is 0 Å². The lowest BCUT2D eigenvalue weighted by atomic mass is 10.0. The van der Waals surface area contributed by atoms with E-state index in [1.54, 1.807) is 6.92 Å². The van der Waals surface area contributed by atoms with Crippen LogP contribution in [-0.4, -0.2) is 33.3 Å². The molecule has 0 heterocycles. The first-order chi connectivity index (χ1) is 9.18. The molecule has 0 aromatic heterocycles. The summed E-state index contributed by atoms with van der Waals surface area (Å²) in [5.41, 5.74) is -0.720. The van der Waals surface area contributed by atoms with E-state index >= 15 is 0 Å². The number of aliphatic hydroxyl groups is 1. The van der Waals surface area contributed by atoms with Crippen LogP contribution < -0.4 is 5.32 Å². The van der Waals surface area contributed by atoms with Crippen LogP contribution in [0.25, 0.3) is 0 Å². The van der Waals surface area contributed by atoms with Crippen LogP contribution in [0.2, 0.25) is 0 Å². The minimum atomic E-state index is -1.24. The Morgan fingerprint density at radius 1 is 1.50 bits per heavy atom. The van der Waals surface area contributed by atoms with E-state index in [0.29, 0.717) is 17.7 Å². The molecule has 0 amide bonds. The molecule has 0 spiro atoms. The fraction of sp³-hybridized carbons (Fsp3) is 0.462. The second-order valence-corrected chi connectivity index (χ2v) is 4.93. The number of carboxylic acid groups (broad SMARTS) is 1. The molecule has 1 aromatic carbocycles. The first kappa shape index (κ1) is 15.9. The van der Waals surface area contributed by atoms with Crippen LogP contribution in [0, 0.1) is 17.0 Å². The summed E-state index contributed by atoms with van der Waals surface area (Å²) in [5.74, 6) is -1.24. The lowest BCUT2D eigenvalue weighted by molar-refractivity contribution is -0.385. The van der Waals surface area contributed by atoms with Crippen LogP contribution >= 0.6 is 0 Å². The maximum atomic E-state index is 11.0. The summed E-state index contributed by atoms with van der Waals surface area (Å²) >= 11 is 0. The van der Waals surface area contributed by atoms with Crippen molar-refractivity contribution in [2.75, 3.05) is 11.9 Å². The zero-order valence-corrected chi connectivity index (χ0v) is 11.6. The zero-order chi connectivity index (χ0) is 15.5. The zero-order valence-electron chi connectivity index (χ0n) is 11.6. The number of nitrogens with one attached hydrogen (secondary N) is 1. The van der Waals surface area contributed by atoms with E-state index in [4.69, 9.17) is 5.11 Å². The van der Waals surface area contributed by atoms with Crippen molar-refractivity contribution in [3.8, 4) is 0 Å². The molecule has 1 unspecified atom stereocenters. The third-order valence-corrected chi connectivity index (χ3v) is 3.25. The highest BCUT2D eigenvalue weighted by molar-refractivity contribution is 5.90. The molecule has 0 aliphatic rings. The van der Waals surface area contributed by atoms with E-state index in [9.17, 15) is 20.0 Å². The summed E-state index contributed by atoms with van der Waals surface area (Å²) in [6.45, 7) is 5.15. The molecule has 20 heavy (non-hydrogen) atoms. The summed E-state index contributed by atoms with van der Waals surface area (Å²) in [6, 6.07) is 2.36. The Morgan fingerprint density at radius 3 is 2.55 bits per heavy atom. The van der Waals surface area contributed by atoms with Gasteiger partial charge in [0.25, 0.3) is 5.69 Å². The number of nitro groups is 1. The van der Waals surface area contributed by atoms with Gasteiger partial charge in [-0.1, -0.05) is 6.92 Å². The van der Waals surface area contributed by atoms with Crippen molar-refractivity contribution in [1.82, 2.24) is 0 Å². The molecule has 7 nitrogen and oxygen atoms in total. The lowest BCUT2D eigenvalue weighted by Gasteiger charge is -2.23. The molecule has 0 aliphatic heterocycles. The molecule has 0 fully saturated rings. The van der Waals surface area contributed by atoms with Gasteiger partial charge in [0, 0.05) is 23.9 Å². The summed E-state index contributed by atoms with van der Waals surface area (Å²) in [5, 5.41) is 32.7. The van der Waals surface area contributed by atoms with Crippen molar-refractivity contribution < 1.29 is 19.9 Å². The van der Waals surface area contributed by atoms with Crippen molar-refractivity contribution in [2.24, 2.45) is 0 Å². The van der Waals surface area contributed by atoms with Crippen LogP contribution in [0.1, 0.15) is 36.2 Å². The Bertz CT molecular complexity index is 540. The summed E-state index contributed by atoms with van der Waals surface area (Å²) in [4.78, 5) is 21.3. The van der Waals surface area contributed by atoms with Gasteiger partial charge >= 0.3 is 5.97 Å². The number of hydrogen-bond donors (Lipinski definition) is 3. The largest absolute Gasteiger partial charge is 0.478 e. The molecular formula is C13H18N2O5. The molecule has 0 saturated carbocycles. The quantitative estimate of drug-likeness (QED) is 0.544. The van der Waals surface area contributed by atoms with Gasteiger partial charge in [0.1, 0.15) is 0 Å². The first-order valence-corrected chi connectivity index (χ1v) is 6.16. The van der Waals surface area contributed by atoms with Gasteiger partial charge in [-0.15, -0.1) is 0 Å². The van der Waals surface area contributed by atoms with Gasteiger partial charge in [-0.25, -0.2) is 4.79 Å². The SMILES string of the molecule is CCC(C)(O)CNc1cc(C(=O)O)cc([N+](=O)[O-])c1C. The second kappa shape index (κ2) is 5.87. The summed E-state index contributed by atoms with van der Waals surface area (Å²) < 4.78 is 0. The molecule has 3 N–H and O–H groups in total. The average Bonchev–Trinajstić information content (AvgIpc) is 2.36. The van der Waals surface area contributed by atoms with E-state index in [-0.39, 0.29) is 17.8 Å². The van der Waals surface area contributed by atoms with Gasteiger partial charge < -0.3 is 15.5 Å². The molecule has 110 valence electrons. The fourth-order valence-corrected chi connectivity index (χ4v) is 1.61. The minimum absolute atomic E-state index is 0.166. The molecular weight excluding hydrogens is 264 g/mol. The molecule has 0 saturated heterocycles. The van der Waals surface area contributed by atoms with E-state index in [0.717, 1.165) is 6.07 Å². The number of benzene rings is 1. The molecule has 0 aliphatic carbocycles. The van der Waals surface area contributed by atoms with Crippen LogP contribution in [0.3, 0.4) is 0 Å². The number of hydrogen-bond acceptors (Lipinski definition) is 5. The predicted molar refractivity (Wildman–Crippen MR) is 74.2 cm³/mol. The predicted octanol–water partition coefficient (Wildman–Crippen LogP) is 2.17. The van der Waals surface area contributed by atoms with Gasteiger partial charge in [-0.05, 0) is 26.3 Å². The Hall–Kier alpha value is -2.15. The van der Waals surface area contributed by atoms with Gasteiger partial charge in [0.05, 0.1) is 16.1 Å². The molecule has 0 bridgehead atoms. The molecule has 1 atom stereocenters. The van der Waals surface area contributed by atoms with E-state index < -0.39 is 16.5 Å².